The summed E-state index contributed by atoms with van der Waals surface area (Å²) in [5.41, 5.74) is -1.15. The van der Waals surface area contributed by atoms with Gasteiger partial charge in [-0.1, -0.05) is 26.0 Å². The van der Waals surface area contributed by atoms with Gasteiger partial charge in [-0.05, 0) is 37.1 Å². The Bertz CT molecular complexity index is 562. The van der Waals surface area contributed by atoms with E-state index >= 15 is 0 Å². The van der Waals surface area contributed by atoms with Gasteiger partial charge in [-0.25, -0.2) is 14.8 Å². The van der Waals surface area contributed by atoms with Crippen LogP contribution in [0.5, 0.6) is 0 Å². The van der Waals surface area contributed by atoms with Gasteiger partial charge in [0.2, 0.25) is 0 Å². The Labute approximate surface area is 124 Å². The minimum Gasteiger partial charge on any atom is -0.479 e. The normalized spacial score (nSPS) is 13.7. The van der Waals surface area contributed by atoms with Crippen molar-refractivity contribution >= 4 is 17.6 Å². The number of nitrogens with zero attached hydrogens (tertiary/aromatic N) is 3. The summed E-state index contributed by atoms with van der Waals surface area (Å²) in [5, 5.41) is 9.80. The Morgan fingerprint density at radius 3 is 1.86 bits per heavy atom. The molecule has 0 aliphatic rings. The van der Waals surface area contributed by atoms with E-state index < -0.39 is 11.5 Å². The van der Waals surface area contributed by atoms with Crippen LogP contribution >= 0.6 is 0 Å². The van der Waals surface area contributed by atoms with Crippen molar-refractivity contribution in [2.75, 3.05) is 4.90 Å². The van der Waals surface area contributed by atoms with Gasteiger partial charge in [-0.2, -0.15) is 0 Å². The topological polar surface area (TPSA) is 66.3 Å². The van der Waals surface area contributed by atoms with Crippen molar-refractivity contribution in [3.8, 4) is 0 Å². The molecular weight excluding hydrogens is 266 g/mol. The van der Waals surface area contributed by atoms with E-state index in [9.17, 15) is 9.90 Å². The van der Waals surface area contributed by atoms with E-state index in [0.29, 0.717) is 11.6 Å². The molecule has 2 heterocycles. The molecule has 0 amide bonds. The second-order valence-corrected chi connectivity index (χ2v) is 5.32. The minimum atomic E-state index is -1.15. The smallest absolute Gasteiger partial charge is 0.329 e. The van der Waals surface area contributed by atoms with Crippen molar-refractivity contribution < 1.29 is 9.90 Å². The zero-order valence-corrected chi connectivity index (χ0v) is 12.4. The SMILES string of the molecule is CC(C)[C@](C)(C(=O)O)N(c1ccccn1)c1ccccn1. The van der Waals surface area contributed by atoms with E-state index in [-0.39, 0.29) is 5.92 Å². The summed E-state index contributed by atoms with van der Waals surface area (Å²) in [6, 6.07) is 10.8. The fraction of sp³-hybridized carbons (Fsp3) is 0.312. The van der Waals surface area contributed by atoms with E-state index in [1.807, 2.05) is 26.0 Å². The highest BCUT2D eigenvalue weighted by Crippen LogP contribution is 2.35. The molecule has 0 saturated heterocycles. The van der Waals surface area contributed by atoms with Crippen LogP contribution < -0.4 is 4.90 Å². The summed E-state index contributed by atoms with van der Waals surface area (Å²) in [4.78, 5) is 22.3. The van der Waals surface area contributed by atoms with Crippen LogP contribution in [0.15, 0.2) is 48.8 Å². The standard InChI is InChI=1S/C16H19N3O2/c1-12(2)16(3,15(20)21)19(13-8-4-6-10-17-13)14-9-5-7-11-18-14/h4-12H,1-3H3,(H,20,21)/t16-/m1/s1. The molecule has 0 radical (unpaired) electrons. The molecule has 5 nitrogen and oxygen atoms in total. The van der Waals surface area contributed by atoms with Gasteiger partial charge in [0.1, 0.15) is 17.2 Å². The average molecular weight is 285 g/mol. The molecule has 0 bridgehead atoms. The molecule has 110 valence electrons. The Kier molecular flexibility index (Phi) is 4.21. The number of carbonyl (C=O) groups is 1. The highest BCUT2D eigenvalue weighted by Gasteiger charge is 2.44. The zero-order chi connectivity index (χ0) is 15.5. The summed E-state index contributed by atoms with van der Waals surface area (Å²) in [6.07, 6.45) is 3.29. The number of aliphatic carboxylic acids is 1. The van der Waals surface area contributed by atoms with E-state index in [2.05, 4.69) is 9.97 Å². The second kappa shape index (κ2) is 5.91. The van der Waals surface area contributed by atoms with Crippen molar-refractivity contribution in [2.24, 2.45) is 5.92 Å². The van der Waals surface area contributed by atoms with Crippen LogP contribution in [0, 0.1) is 5.92 Å². The first-order valence-corrected chi connectivity index (χ1v) is 6.83. The van der Waals surface area contributed by atoms with Gasteiger partial charge in [0.15, 0.2) is 0 Å². The van der Waals surface area contributed by atoms with Crippen LogP contribution in [0.2, 0.25) is 0 Å². The third-order valence-corrected chi connectivity index (χ3v) is 3.78. The Balaban J connectivity index is 2.64. The summed E-state index contributed by atoms with van der Waals surface area (Å²) in [7, 11) is 0. The molecule has 1 N–H and O–H groups in total. The Morgan fingerprint density at radius 2 is 1.57 bits per heavy atom. The summed E-state index contributed by atoms with van der Waals surface area (Å²) in [5.74, 6) is 0.0809. The van der Waals surface area contributed by atoms with Crippen LogP contribution in [0.25, 0.3) is 0 Å². The van der Waals surface area contributed by atoms with Crippen molar-refractivity contribution in [3.05, 3.63) is 48.8 Å². The van der Waals surface area contributed by atoms with Crippen molar-refractivity contribution in [2.45, 2.75) is 26.3 Å². The predicted molar refractivity (Wildman–Crippen MR) is 81.5 cm³/mol. The van der Waals surface area contributed by atoms with Gasteiger partial charge in [0, 0.05) is 12.4 Å². The van der Waals surface area contributed by atoms with Crippen molar-refractivity contribution in [1.82, 2.24) is 9.97 Å². The molecule has 0 aliphatic carbocycles. The summed E-state index contributed by atoms with van der Waals surface area (Å²) < 4.78 is 0. The highest BCUT2D eigenvalue weighted by atomic mass is 16.4. The number of hydrogen-bond acceptors (Lipinski definition) is 4. The number of anilines is 2. The lowest BCUT2D eigenvalue weighted by atomic mass is 9.86. The van der Waals surface area contributed by atoms with Gasteiger partial charge < -0.3 is 5.11 Å². The van der Waals surface area contributed by atoms with Crippen LogP contribution in [0.4, 0.5) is 11.6 Å². The highest BCUT2D eigenvalue weighted by molar-refractivity contribution is 5.86. The molecule has 2 aromatic heterocycles. The summed E-state index contributed by atoms with van der Waals surface area (Å²) in [6.45, 7) is 5.46. The Hall–Kier alpha value is -2.43. The third-order valence-electron chi connectivity index (χ3n) is 3.78. The predicted octanol–water partition coefficient (Wildman–Crippen LogP) is 3.11. The fourth-order valence-electron chi connectivity index (χ4n) is 2.17. The fourth-order valence-corrected chi connectivity index (χ4v) is 2.17. The molecule has 2 aromatic rings. The van der Waals surface area contributed by atoms with Crippen molar-refractivity contribution in [3.63, 3.8) is 0 Å². The van der Waals surface area contributed by atoms with E-state index in [1.165, 1.54) is 0 Å². The largest absolute Gasteiger partial charge is 0.479 e. The van der Waals surface area contributed by atoms with Crippen LogP contribution in [-0.4, -0.2) is 26.6 Å². The average Bonchev–Trinajstić information content (AvgIpc) is 2.49. The van der Waals surface area contributed by atoms with Gasteiger partial charge in [-0.15, -0.1) is 0 Å². The van der Waals surface area contributed by atoms with Gasteiger partial charge in [-0.3, -0.25) is 4.90 Å². The lowest BCUT2D eigenvalue weighted by molar-refractivity contribution is -0.144. The van der Waals surface area contributed by atoms with Crippen LogP contribution in [0.1, 0.15) is 20.8 Å². The number of aromatic nitrogens is 2. The minimum absolute atomic E-state index is 0.140. The first-order chi connectivity index (χ1) is 9.98. The van der Waals surface area contributed by atoms with E-state index in [4.69, 9.17) is 0 Å². The first kappa shape index (κ1) is 15.0. The number of carboxylic acid groups (broad SMARTS) is 1. The number of hydrogen-bond donors (Lipinski definition) is 1. The summed E-state index contributed by atoms with van der Waals surface area (Å²) >= 11 is 0. The van der Waals surface area contributed by atoms with E-state index in [1.54, 1.807) is 48.5 Å². The van der Waals surface area contributed by atoms with Gasteiger partial charge in [0.25, 0.3) is 0 Å². The van der Waals surface area contributed by atoms with Crippen LogP contribution in [-0.2, 0) is 4.79 Å². The number of pyridine rings is 2. The maximum absolute atomic E-state index is 12.0. The molecule has 1 atom stereocenters. The zero-order valence-electron chi connectivity index (χ0n) is 12.4. The molecule has 0 aromatic carbocycles. The quantitative estimate of drug-likeness (QED) is 0.914. The maximum Gasteiger partial charge on any atom is 0.329 e. The molecule has 0 fully saturated rings. The molecule has 5 heteroatoms. The molecule has 0 spiro atoms. The molecule has 0 unspecified atom stereocenters. The van der Waals surface area contributed by atoms with Gasteiger partial charge in [0.05, 0.1) is 0 Å². The first-order valence-electron chi connectivity index (χ1n) is 6.83. The molecular formula is C16H19N3O2. The molecule has 2 rings (SSSR count). The molecule has 0 aliphatic heterocycles. The second-order valence-electron chi connectivity index (χ2n) is 5.32. The molecule has 0 saturated carbocycles. The number of rotatable bonds is 5. The Morgan fingerprint density at radius 1 is 1.10 bits per heavy atom. The van der Waals surface area contributed by atoms with Crippen LogP contribution in [0.3, 0.4) is 0 Å². The van der Waals surface area contributed by atoms with Crippen molar-refractivity contribution in [1.29, 1.82) is 0 Å². The lowest BCUT2D eigenvalue weighted by Gasteiger charge is -2.40. The maximum atomic E-state index is 12.0. The van der Waals surface area contributed by atoms with Gasteiger partial charge >= 0.3 is 5.97 Å². The lowest BCUT2D eigenvalue weighted by Crippen LogP contribution is -2.54. The van der Waals surface area contributed by atoms with E-state index in [0.717, 1.165) is 0 Å². The third kappa shape index (κ3) is 2.72. The number of carboxylic acids is 1. The monoisotopic (exact) mass is 285 g/mol. The molecule has 21 heavy (non-hydrogen) atoms.